The van der Waals surface area contributed by atoms with Gasteiger partial charge < -0.3 is 16.0 Å². The number of nitrogen functional groups attached to an aromatic ring is 1. The molecule has 2 amide bonds. The number of carbonyl (C=O) groups excluding carboxylic acids is 2. The van der Waals surface area contributed by atoms with Crippen molar-refractivity contribution < 1.29 is 14.0 Å². The Kier molecular flexibility index (Phi) is 3.53. The van der Waals surface area contributed by atoms with Gasteiger partial charge in [-0.15, -0.1) is 0 Å². The molecule has 5 nitrogen and oxygen atoms in total. The Hall–Kier alpha value is -2.11. The summed E-state index contributed by atoms with van der Waals surface area (Å²) in [6.07, 6.45) is 2.00. The lowest BCUT2D eigenvalue weighted by Crippen LogP contribution is -2.55. The highest BCUT2D eigenvalue weighted by atomic mass is 19.1. The van der Waals surface area contributed by atoms with Crippen LogP contribution in [0, 0.1) is 11.7 Å². The van der Waals surface area contributed by atoms with Crippen molar-refractivity contribution >= 4 is 17.5 Å². The lowest BCUT2D eigenvalue weighted by atomic mass is 9.85. The highest BCUT2D eigenvalue weighted by Crippen LogP contribution is 2.26. The molecule has 0 aromatic heterocycles. The first-order valence-corrected chi connectivity index (χ1v) is 7.18. The Labute approximate surface area is 122 Å². The van der Waals surface area contributed by atoms with Crippen LogP contribution in [0.25, 0.3) is 0 Å². The molecule has 0 saturated carbocycles. The fourth-order valence-corrected chi connectivity index (χ4v) is 3.17. The van der Waals surface area contributed by atoms with Gasteiger partial charge in [-0.3, -0.25) is 9.59 Å². The molecule has 1 aromatic carbocycles. The maximum Gasteiger partial charge on any atom is 0.256 e. The maximum atomic E-state index is 13.9. The summed E-state index contributed by atoms with van der Waals surface area (Å²) in [4.78, 5) is 25.5. The number of nitrogens with zero attached hydrogens (tertiary/aromatic N) is 1. The van der Waals surface area contributed by atoms with E-state index in [2.05, 4.69) is 5.32 Å². The molecule has 2 unspecified atom stereocenters. The van der Waals surface area contributed by atoms with Crippen molar-refractivity contribution in [2.75, 3.05) is 18.8 Å². The summed E-state index contributed by atoms with van der Waals surface area (Å²) in [6, 6.07) is 4.28. The minimum atomic E-state index is -0.584. The van der Waals surface area contributed by atoms with Gasteiger partial charge in [0.15, 0.2) is 0 Å². The first-order chi connectivity index (χ1) is 10.0. The zero-order valence-electron chi connectivity index (χ0n) is 11.6. The van der Waals surface area contributed by atoms with E-state index in [1.165, 1.54) is 18.2 Å². The molecule has 112 valence electrons. The number of halogens is 1. The van der Waals surface area contributed by atoms with E-state index in [4.69, 9.17) is 5.73 Å². The van der Waals surface area contributed by atoms with Crippen LogP contribution in [0.15, 0.2) is 18.2 Å². The summed E-state index contributed by atoms with van der Waals surface area (Å²) in [7, 11) is 0. The molecule has 2 fully saturated rings. The van der Waals surface area contributed by atoms with Gasteiger partial charge in [-0.25, -0.2) is 4.39 Å². The highest BCUT2D eigenvalue weighted by Gasteiger charge is 2.35. The Balaban J connectivity index is 1.73. The number of likely N-dealkylation sites (tertiary alicyclic amines) is 1. The third-order valence-electron chi connectivity index (χ3n) is 4.33. The van der Waals surface area contributed by atoms with E-state index in [0.717, 1.165) is 12.8 Å². The van der Waals surface area contributed by atoms with Crippen molar-refractivity contribution in [3.8, 4) is 0 Å². The molecule has 3 N–H and O–H groups in total. The van der Waals surface area contributed by atoms with Crippen LogP contribution in [0.3, 0.4) is 0 Å². The lowest BCUT2D eigenvalue weighted by Gasteiger charge is -2.41. The van der Waals surface area contributed by atoms with Gasteiger partial charge in [0.05, 0.1) is 5.56 Å². The normalized spacial score (nSPS) is 25.2. The summed E-state index contributed by atoms with van der Waals surface area (Å²) in [5.41, 5.74) is 5.86. The van der Waals surface area contributed by atoms with Gasteiger partial charge in [0.2, 0.25) is 5.91 Å². The molecule has 0 aliphatic carbocycles. The highest BCUT2D eigenvalue weighted by molar-refractivity contribution is 5.95. The summed E-state index contributed by atoms with van der Waals surface area (Å²) in [5.74, 6) is -0.542. The standard InChI is InChI=1S/C15H18FN3O2/c16-12-7-10(17)2-3-11(12)15(21)19-6-5-13-9(8-19)1-4-14(20)18-13/h2-3,7,9,13H,1,4-6,8,17H2,(H,18,20). The van der Waals surface area contributed by atoms with Crippen LogP contribution in [0.2, 0.25) is 0 Å². The van der Waals surface area contributed by atoms with Crippen LogP contribution in [0.4, 0.5) is 10.1 Å². The number of amides is 2. The molecule has 1 aromatic rings. The second-order valence-corrected chi connectivity index (χ2v) is 5.75. The largest absolute Gasteiger partial charge is 0.399 e. The van der Waals surface area contributed by atoms with Crippen molar-refractivity contribution in [3.05, 3.63) is 29.6 Å². The zero-order valence-corrected chi connectivity index (χ0v) is 11.6. The van der Waals surface area contributed by atoms with Crippen molar-refractivity contribution in [3.63, 3.8) is 0 Å². The Bertz CT molecular complexity index is 590. The molecule has 2 saturated heterocycles. The molecule has 2 aliphatic heterocycles. The van der Waals surface area contributed by atoms with Crippen molar-refractivity contribution in [1.82, 2.24) is 10.2 Å². The third kappa shape index (κ3) is 2.70. The van der Waals surface area contributed by atoms with Crippen molar-refractivity contribution in [2.45, 2.75) is 25.3 Å². The number of hydrogen-bond donors (Lipinski definition) is 2. The van der Waals surface area contributed by atoms with Gasteiger partial charge in [-0.05, 0) is 37.0 Å². The number of fused-ring (bicyclic) bond motifs is 1. The molecule has 0 radical (unpaired) electrons. The van der Waals surface area contributed by atoms with Crippen LogP contribution in [0.1, 0.15) is 29.6 Å². The molecule has 3 rings (SSSR count). The Morgan fingerprint density at radius 1 is 1.38 bits per heavy atom. The van der Waals surface area contributed by atoms with Crippen LogP contribution >= 0.6 is 0 Å². The van der Waals surface area contributed by atoms with E-state index in [1.54, 1.807) is 4.90 Å². The van der Waals surface area contributed by atoms with Gasteiger partial charge in [-0.2, -0.15) is 0 Å². The molecule has 0 bridgehead atoms. The second kappa shape index (κ2) is 5.35. The first kappa shape index (κ1) is 13.9. The average molecular weight is 291 g/mol. The van der Waals surface area contributed by atoms with Gasteiger partial charge in [0.25, 0.3) is 5.91 Å². The molecule has 2 heterocycles. The van der Waals surface area contributed by atoms with E-state index < -0.39 is 5.82 Å². The number of carbonyl (C=O) groups is 2. The molecule has 2 atom stereocenters. The van der Waals surface area contributed by atoms with Gasteiger partial charge in [0.1, 0.15) is 5.82 Å². The van der Waals surface area contributed by atoms with Gasteiger partial charge in [0, 0.05) is 31.2 Å². The summed E-state index contributed by atoms with van der Waals surface area (Å²) in [5, 5.41) is 2.97. The van der Waals surface area contributed by atoms with Gasteiger partial charge >= 0.3 is 0 Å². The summed E-state index contributed by atoms with van der Waals surface area (Å²) >= 11 is 0. The Morgan fingerprint density at radius 2 is 2.19 bits per heavy atom. The summed E-state index contributed by atoms with van der Waals surface area (Å²) < 4.78 is 13.9. The fraction of sp³-hybridized carbons (Fsp3) is 0.467. The van der Waals surface area contributed by atoms with Crippen molar-refractivity contribution in [1.29, 1.82) is 0 Å². The smallest absolute Gasteiger partial charge is 0.256 e. The first-order valence-electron chi connectivity index (χ1n) is 7.18. The number of benzene rings is 1. The Morgan fingerprint density at radius 3 is 2.95 bits per heavy atom. The SMILES string of the molecule is Nc1ccc(C(=O)N2CCC3NC(=O)CCC3C2)c(F)c1. The fourth-order valence-electron chi connectivity index (χ4n) is 3.17. The average Bonchev–Trinajstić information content (AvgIpc) is 2.46. The number of nitrogens with one attached hydrogen (secondary N) is 1. The quantitative estimate of drug-likeness (QED) is 0.762. The molecule has 6 heteroatoms. The molecule has 21 heavy (non-hydrogen) atoms. The molecule has 0 spiro atoms. The minimum absolute atomic E-state index is 0.0579. The lowest BCUT2D eigenvalue weighted by molar-refractivity contribution is -0.125. The van der Waals surface area contributed by atoms with Crippen molar-refractivity contribution in [2.24, 2.45) is 5.92 Å². The van der Waals surface area contributed by atoms with E-state index in [9.17, 15) is 14.0 Å². The van der Waals surface area contributed by atoms with Crippen LogP contribution in [-0.2, 0) is 4.79 Å². The van der Waals surface area contributed by atoms with Crippen LogP contribution in [-0.4, -0.2) is 35.8 Å². The molecular formula is C15H18FN3O2. The predicted octanol–water partition coefficient (Wildman–Crippen LogP) is 1.15. The number of anilines is 1. The monoisotopic (exact) mass is 291 g/mol. The van der Waals surface area contributed by atoms with Crippen LogP contribution < -0.4 is 11.1 Å². The van der Waals surface area contributed by atoms with E-state index in [1.807, 2.05) is 0 Å². The van der Waals surface area contributed by atoms with E-state index >= 15 is 0 Å². The third-order valence-corrected chi connectivity index (χ3v) is 4.33. The van der Waals surface area contributed by atoms with E-state index in [-0.39, 0.29) is 29.3 Å². The van der Waals surface area contributed by atoms with Crippen LogP contribution in [0.5, 0.6) is 0 Å². The second-order valence-electron chi connectivity index (χ2n) is 5.75. The topological polar surface area (TPSA) is 75.4 Å². The zero-order chi connectivity index (χ0) is 15.0. The van der Waals surface area contributed by atoms with Gasteiger partial charge in [-0.1, -0.05) is 0 Å². The van der Waals surface area contributed by atoms with E-state index in [0.29, 0.717) is 25.2 Å². The number of piperidine rings is 2. The molecular weight excluding hydrogens is 273 g/mol. The number of rotatable bonds is 1. The predicted molar refractivity (Wildman–Crippen MR) is 76.0 cm³/mol. The minimum Gasteiger partial charge on any atom is -0.399 e. The number of hydrogen-bond acceptors (Lipinski definition) is 3. The summed E-state index contributed by atoms with van der Waals surface area (Å²) in [6.45, 7) is 1.09. The molecule has 2 aliphatic rings. The maximum absolute atomic E-state index is 13.9. The number of nitrogens with two attached hydrogens (primary N) is 1.